The molecule has 0 bridgehead atoms. The summed E-state index contributed by atoms with van der Waals surface area (Å²) in [5, 5.41) is 11.3. The van der Waals surface area contributed by atoms with E-state index in [2.05, 4.69) is 6.07 Å². The zero-order valence-electron chi connectivity index (χ0n) is 10.1. The van der Waals surface area contributed by atoms with E-state index in [4.69, 9.17) is 0 Å². The summed E-state index contributed by atoms with van der Waals surface area (Å²) >= 11 is 1.69. The first-order chi connectivity index (χ1) is 8.75. The second-order valence-electron chi connectivity index (χ2n) is 4.34. The van der Waals surface area contributed by atoms with Gasteiger partial charge in [0, 0.05) is 4.88 Å². The van der Waals surface area contributed by atoms with E-state index >= 15 is 0 Å². The van der Waals surface area contributed by atoms with Crippen molar-refractivity contribution in [3.8, 4) is 0 Å². The lowest BCUT2D eigenvalue weighted by Gasteiger charge is -2.11. The van der Waals surface area contributed by atoms with E-state index in [1.165, 1.54) is 4.88 Å². The predicted molar refractivity (Wildman–Crippen MR) is 73.9 cm³/mol. The standard InChI is InChI=1S/C15H16O2S/c16-15(17)13(8-9-14-7-4-10-18-14)11-12-5-2-1-3-6-12/h1-7,10,13H,8-9,11H2,(H,16,17). The third-order valence-electron chi connectivity index (χ3n) is 2.99. The Bertz CT molecular complexity index is 476. The molecule has 1 heterocycles. The summed E-state index contributed by atoms with van der Waals surface area (Å²) in [5.74, 6) is -0.995. The molecule has 2 nitrogen and oxygen atoms in total. The molecule has 0 saturated carbocycles. The van der Waals surface area contributed by atoms with Gasteiger partial charge in [0.1, 0.15) is 0 Å². The molecule has 3 heteroatoms. The number of aliphatic carboxylic acids is 1. The number of benzene rings is 1. The summed E-state index contributed by atoms with van der Waals surface area (Å²) in [7, 11) is 0. The van der Waals surface area contributed by atoms with Crippen LogP contribution >= 0.6 is 11.3 Å². The third-order valence-corrected chi connectivity index (χ3v) is 3.93. The van der Waals surface area contributed by atoms with Crippen molar-refractivity contribution in [2.45, 2.75) is 19.3 Å². The minimum Gasteiger partial charge on any atom is -0.481 e. The van der Waals surface area contributed by atoms with Gasteiger partial charge in [-0.05, 0) is 36.3 Å². The van der Waals surface area contributed by atoms with Crippen molar-refractivity contribution in [3.05, 3.63) is 58.3 Å². The molecule has 1 aromatic heterocycles. The monoisotopic (exact) mass is 260 g/mol. The molecule has 0 aliphatic carbocycles. The van der Waals surface area contributed by atoms with Gasteiger partial charge in [-0.2, -0.15) is 0 Å². The van der Waals surface area contributed by atoms with E-state index < -0.39 is 5.97 Å². The first-order valence-electron chi connectivity index (χ1n) is 6.05. The van der Waals surface area contributed by atoms with E-state index in [0.29, 0.717) is 12.8 Å². The van der Waals surface area contributed by atoms with E-state index in [1.54, 1.807) is 11.3 Å². The molecule has 1 atom stereocenters. The molecular weight excluding hydrogens is 244 g/mol. The topological polar surface area (TPSA) is 37.3 Å². The lowest BCUT2D eigenvalue weighted by Crippen LogP contribution is -2.17. The Morgan fingerprint density at radius 1 is 1.17 bits per heavy atom. The molecular formula is C15H16O2S. The van der Waals surface area contributed by atoms with E-state index in [-0.39, 0.29) is 5.92 Å². The molecule has 0 fully saturated rings. The molecule has 2 rings (SSSR count). The second-order valence-corrected chi connectivity index (χ2v) is 5.38. The molecule has 0 radical (unpaired) electrons. The normalized spacial score (nSPS) is 12.2. The average Bonchev–Trinajstić information content (AvgIpc) is 2.88. The molecule has 0 aliphatic rings. The average molecular weight is 260 g/mol. The summed E-state index contributed by atoms with van der Waals surface area (Å²) in [4.78, 5) is 12.5. The van der Waals surface area contributed by atoms with Gasteiger partial charge in [0.05, 0.1) is 5.92 Å². The fourth-order valence-electron chi connectivity index (χ4n) is 1.98. The van der Waals surface area contributed by atoms with Crippen LogP contribution in [0.2, 0.25) is 0 Å². The number of hydrogen-bond donors (Lipinski definition) is 1. The Morgan fingerprint density at radius 2 is 1.94 bits per heavy atom. The zero-order valence-corrected chi connectivity index (χ0v) is 10.9. The predicted octanol–water partition coefficient (Wildman–Crippen LogP) is 3.62. The van der Waals surface area contributed by atoms with E-state index in [0.717, 1.165) is 12.0 Å². The van der Waals surface area contributed by atoms with Crippen molar-refractivity contribution >= 4 is 17.3 Å². The zero-order chi connectivity index (χ0) is 12.8. The maximum absolute atomic E-state index is 11.3. The second kappa shape index (κ2) is 6.36. The van der Waals surface area contributed by atoms with Crippen molar-refractivity contribution in [3.63, 3.8) is 0 Å². The Hall–Kier alpha value is -1.61. The molecule has 0 saturated heterocycles. The lowest BCUT2D eigenvalue weighted by atomic mass is 9.94. The largest absolute Gasteiger partial charge is 0.481 e. The van der Waals surface area contributed by atoms with Crippen molar-refractivity contribution < 1.29 is 9.90 Å². The highest BCUT2D eigenvalue weighted by molar-refractivity contribution is 7.09. The van der Waals surface area contributed by atoms with Crippen molar-refractivity contribution in [1.82, 2.24) is 0 Å². The first kappa shape index (κ1) is 12.8. The highest BCUT2D eigenvalue weighted by Gasteiger charge is 2.17. The van der Waals surface area contributed by atoms with Crippen LogP contribution in [0.15, 0.2) is 47.8 Å². The minimum absolute atomic E-state index is 0.297. The van der Waals surface area contributed by atoms with Gasteiger partial charge in [0.25, 0.3) is 0 Å². The number of rotatable bonds is 6. The van der Waals surface area contributed by atoms with Crippen LogP contribution in [0.3, 0.4) is 0 Å². The molecule has 0 amide bonds. The molecule has 2 aromatic rings. The smallest absolute Gasteiger partial charge is 0.306 e. The van der Waals surface area contributed by atoms with Crippen LogP contribution < -0.4 is 0 Å². The Balaban J connectivity index is 1.94. The SMILES string of the molecule is O=C(O)C(CCc1cccs1)Cc1ccccc1. The molecule has 94 valence electrons. The highest BCUT2D eigenvalue weighted by Crippen LogP contribution is 2.18. The number of thiophene rings is 1. The lowest BCUT2D eigenvalue weighted by molar-refractivity contribution is -0.141. The summed E-state index contributed by atoms with van der Waals surface area (Å²) in [6.45, 7) is 0. The first-order valence-corrected chi connectivity index (χ1v) is 6.93. The summed E-state index contributed by atoms with van der Waals surface area (Å²) in [6.07, 6.45) is 2.16. The highest BCUT2D eigenvalue weighted by atomic mass is 32.1. The molecule has 1 aromatic carbocycles. The van der Waals surface area contributed by atoms with Gasteiger partial charge in [0.2, 0.25) is 0 Å². The van der Waals surface area contributed by atoms with Crippen LogP contribution in [-0.4, -0.2) is 11.1 Å². The van der Waals surface area contributed by atoms with Crippen LogP contribution in [0, 0.1) is 5.92 Å². The van der Waals surface area contributed by atoms with Gasteiger partial charge in [-0.3, -0.25) is 4.79 Å². The van der Waals surface area contributed by atoms with Gasteiger partial charge >= 0.3 is 5.97 Å². The third kappa shape index (κ3) is 3.70. The molecule has 18 heavy (non-hydrogen) atoms. The van der Waals surface area contributed by atoms with Gasteiger partial charge in [0.15, 0.2) is 0 Å². The Morgan fingerprint density at radius 3 is 2.56 bits per heavy atom. The van der Waals surface area contributed by atoms with Crippen molar-refractivity contribution in [2.75, 3.05) is 0 Å². The summed E-state index contributed by atoms with van der Waals surface area (Å²) in [6, 6.07) is 13.9. The van der Waals surface area contributed by atoms with Gasteiger partial charge in [-0.25, -0.2) is 0 Å². The molecule has 1 N–H and O–H groups in total. The van der Waals surface area contributed by atoms with Gasteiger partial charge < -0.3 is 5.11 Å². The summed E-state index contributed by atoms with van der Waals surface area (Å²) in [5.41, 5.74) is 1.09. The maximum atomic E-state index is 11.3. The van der Waals surface area contributed by atoms with Crippen molar-refractivity contribution in [2.24, 2.45) is 5.92 Å². The van der Waals surface area contributed by atoms with Crippen LogP contribution in [0.25, 0.3) is 0 Å². The Kier molecular flexibility index (Phi) is 4.53. The van der Waals surface area contributed by atoms with E-state index in [9.17, 15) is 9.90 Å². The fourth-order valence-corrected chi connectivity index (χ4v) is 2.71. The number of carboxylic acid groups (broad SMARTS) is 1. The Labute approximate surface area is 111 Å². The van der Waals surface area contributed by atoms with Gasteiger partial charge in [-0.15, -0.1) is 11.3 Å². The molecule has 0 aliphatic heterocycles. The fraction of sp³-hybridized carbons (Fsp3) is 0.267. The number of aryl methyl sites for hydroxylation is 1. The minimum atomic E-state index is -0.699. The van der Waals surface area contributed by atoms with E-state index in [1.807, 2.05) is 41.8 Å². The van der Waals surface area contributed by atoms with Gasteiger partial charge in [-0.1, -0.05) is 36.4 Å². The molecule has 1 unspecified atom stereocenters. The number of hydrogen-bond acceptors (Lipinski definition) is 2. The van der Waals surface area contributed by atoms with Crippen molar-refractivity contribution in [1.29, 1.82) is 0 Å². The summed E-state index contributed by atoms with van der Waals surface area (Å²) < 4.78 is 0. The molecule has 0 spiro atoms. The number of carbonyl (C=O) groups is 1. The maximum Gasteiger partial charge on any atom is 0.306 e. The quantitative estimate of drug-likeness (QED) is 0.861. The van der Waals surface area contributed by atoms with Crippen LogP contribution in [0.1, 0.15) is 16.9 Å². The van der Waals surface area contributed by atoms with Crippen LogP contribution in [0.5, 0.6) is 0 Å². The van der Waals surface area contributed by atoms with Crippen LogP contribution in [-0.2, 0) is 17.6 Å². The number of carboxylic acids is 1. The van der Waals surface area contributed by atoms with Crippen LogP contribution in [0.4, 0.5) is 0 Å².